The molecular formula is C18H12O2. The molecule has 0 saturated carbocycles. The molecule has 0 aliphatic heterocycles. The fourth-order valence-electron chi connectivity index (χ4n) is 2.44. The van der Waals surface area contributed by atoms with E-state index in [-0.39, 0.29) is 0 Å². The third-order valence-electron chi connectivity index (χ3n) is 3.44. The Balaban J connectivity index is 2.23. The molecule has 0 unspecified atom stereocenters. The average Bonchev–Trinajstić information content (AvgIpc) is 2.53. The van der Waals surface area contributed by atoms with E-state index in [9.17, 15) is 9.59 Å². The van der Waals surface area contributed by atoms with E-state index in [2.05, 4.69) is 0 Å². The van der Waals surface area contributed by atoms with Crippen molar-refractivity contribution in [2.24, 2.45) is 0 Å². The predicted octanol–water partition coefficient (Wildman–Crippen LogP) is 4.13. The van der Waals surface area contributed by atoms with Crippen LogP contribution in [-0.2, 0) is 0 Å². The van der Waals surface area contributed by atoms with Gasteiger partial charge in [0.05, 0.1) is 0 Å². The van der Waals surface area contributed by atoms with Crippen LogP contribution in [0.1, 0.15) is 20.7 Å². The van der Waals surface area contributed by atoms with E-state index in [1.54, 1.807) is 12.1 Å². The lowest BCUT2D eigenvalue weighted by Gasteiger charge is -2.07. The fraction of sp³-hybridized carbons (Fsp3) is 0. The molecule has 0 N–H and O–H groups in total. The quantitative estimate of drug-likeness (QED) is 0.663. The van der Waals surface area contributed by atoms with Crippen LogP contribution in [0.3, 0.4) is 0 Å². The van der Waals surface area contributed by atoms with Crippen molar-refractivity contribution in [1.29, 1.82) is 0 Å². The van der Waals surface area contributed by atoms with E-state index < -0.39 is 0 Å². The van der Waals surface area contributed by atoms with E-state index in [0.29, 0.717) is 11.1 Å². The zero-order valence-corrected chi connectivity index (χ0v) is 10.7. The molecule has 2 nitrogen and oxygen atoms in total. The Bertz CT molecular complexity index is 803. The van der Waals surface area contributed by atoms with Crippen LogP contribution in [0.2, 0.25) is 0 Å². The van der Waals surface area contributed by atoms with E-state index in [1.165, 1.54) is 0 Å². The highest BCUT2D eigenvalue weighted by atomic mass is 16.1. The van der Waals surface area contributed by atoms with Crippen LogP contribution in [0.25, 0.3) is 21.9 Å². The van der Waals surface area contributed by atoms with Gasteiger partial charge in [-0.1, -0.05) is 54.6 Å². The van der Waals surface area contributed by atoms with Crippen molar-refractivity contribution < 1.29 is 9.59 Å². The van der Waals surface area contributed by atoms with Gasteiger partial charge >= 0.3 is 0 Å². The van der Waals surface area contributed by atoms with Crippen molar-refractivity contribution in [2.75, 3.05) is 0 Å². The Labute approximate surface area is 116 Å². The molecule has 3 aromatic rings. The zero-order valence-electron chi connectivity index (χ0n) is 10.7. The monoisotopic (exact) mass is 260 g/mol. The topological polar surface area (TPSA) is 34.1 Å². The van der Waals surface area contributed by atoms with Crippen molar-refractivity contribution in [3.05, 3.63) is 71.8 Å². The highest BCUT2D eigenvalue weighted by molar-refractivity contribution is 6.00. The predicted molar refractivity (Wildman–Crippen MR) is 80.2 cm³/mol. The zero-order chi connectivity index (χ0) is 13.9. The van der Waals surface area contributed by atoms with Crippen LogP contribution < -0.4 is 0 Å². The molecule has 0 aromatic heterocycles. The Morgan fingerprint density at radius 2 is 1.45 bits per heavy atom. The summed E-state index contributed by atoms with van der Waals surface area (Å²) in [6.07, 6.45) is 1.72. The maximum atomic E-state index is 11.1. The summed E-state index contributed by atoms with van der Waals surface area (Å²) in [4.78, 5) is 22.1. The van der Waals surface area contributed by atoms with Gasteiger partial charge in [0, 0.05) is 11.1 Å². The molecule has 2 heteroatoms. The molecule has 0 atom stereocenters. The van der Waals surface area contributed by atoms with E-state index in [4.69, 9.17) is 0 Å². The van der Waals surface area contributed by atoms with Gasteiger partial charge in [0.15, 0.2) is 12.6 Å². The maximum absolute atomic E-state index is 11.1. The molecule has 3 rings (SSSR count). The second-order valence-electron chi connectivity index (χ2n) is 4.61. The molecule has 0 aliphatic rings. The molecule has 0 heterocycles. The van der Waals surface area contributed by atoms with Crippen LogP contribution in [-0.4, -0.2) is 12.6 Å². The van der Waals surface area contributed by atoms with E-state index >= 15 is 0 Å². The van der Waals surface area contributed by atoms with Gasteiger partial charge in [0.2, 0.25) is 0 Å². The van der Waals surface area contributed by atoms with Crippen LogP contribution in [0.15, 0.2) is 60.7 Å². The summed E-state index contributed by atoms with van der Waals surface area (Å²) in [6.45, 7) is 0. The minimum Gasteiger partial charge on any atom is -0.298 e. The Hall–Kier alpha value is -2.74. The molecule has 0 saturated heterocycles. The highest BCUT2D eigenvalue weighted by Gasteiger charge is 2.06. The summed E-state index contributed by atoms with van der Waals surface area (Å²) < 4.78 is 0. The molecule has 3 aromatic carbocycles. The second kappa shape index (κ2) is 5.10. The minimum atomic E-state index is 0.665. The van der Waals surface area contributed by atoms with Crippen LogP contribution in [0.5, 0.6) is 0 Å². The lowest BCUT2D eigenvalue weighted by molar-refractivity contribution is 0.111. The molecular weight excluding hydrogens is 248 g/mol. The first-order chi connectivity index (χ1) is 9.83. The SMILES string of the molecule is O=Cc1ccccc1-c1ccc2c(C=O)cccc2c1. The van der Waals surface area contributed by atoms with Gasteiger partial charge in [0.1, 0.15) is 0 Å². The number of hydrogen-bond donors (Lipinski definition) is 0. The third-order valence-corrected chi connectivity index (χ3v) is 3.44. The molecule has 20 heavy (non-hydrogen) atoms. The summed E-state index contributed by atoms with van der Waals surface area (Å²) in [5, 5.41) is 1.92. The summed E-state index contributed by atoms with van der Waals surface area (Å²) in [5.74, 6) is 0. The standard InChI is InChI=1S/C18H12O2/c19-11-15-4-1-2-7-17(15)14-8-9-18-13(10-14)5-3-6-16(18)12-20/h1-12H. The van der Waals surface area contributed by atoms with Crippen molar-refractivity contribution >= 4 is 23.3 Å². The molecule has 0 aliphatic carbocycles. The lowest BCUT2D eigenvalue weighted by atomic mass is 9.96. The smallest absolute Gasteiger partial charge is 0.150 e. The normalized spacial score (nSPS) is 10.4. The van der Waals surface area contributed by atoms with Crippen LogP contribution in [0.4, 0.5) is 0 Å². The van der Waals surface area contributed by atoms with Crippen LogP contribution in [0, 0.1) is 0 Å². The molecule has 0 spiro atoms. The van der Waals surface area contributed by atoms with Crippen molar-refractivity contribution in [2.45, 2.75) is 0 Å². The van der Waals surface area contributed by atoms with Gasteiger partial charge < -0.3 is 0 Å². The Morgan fingerprint density at radius 1 is 0.700 bits per heavy atom. The molecule has 96 valence electrons. The molecule has 0 amide bonds. The van der Waals surface area contributed by atoms with Crippen LogP contribution >= 0.6 is 0 Å². The van der Waals surface area contributed by atoms with Gasteiger partial charge in [-0.2, -0.15) is 0 Å². The number of benzene rings is 3. The van der Waals surface area contributed by atoms with Crippen molar-refractivity contribution in [3.63, 3.8) is 0 Å². The number of aldehydes is 2. The molecule has 0 fully saturated rings. The van der Waals surface area contributed by atoms with Gasteiger partial charge in [0.25, 0.3) is 0 Å². The summed E-state index contributed by atoms with van der Waals surface area (Å²) in [5.41, 5.74) is 3.22. The van der Waals surface area contributed by atoms with Gasteiger partial charge in [-0.05, 0) is 28.0 Å². The second-order valence-corrected chi connectivity index (χ2v) is 4.61. The molecule has 0 bridgehead atoms. The number of carbonyl (C=O) groups is 2. The summed E-state index contributed by atoms with van der Waals surface area (Å²) >= 11 is 0. The number of carbonyl (C=O) groups excluding carboxylic acids is 2. The summed E-state index contributed by atoms with van der Waals surface area (Å²) in [7, 11) is 0. The van der Waals surface area contributed by atoms with E-state index in [1.807, 2.05) is 48.5 Å². The number of rotatable bonds is 3. The number of fused-ring (bicyclic) bond motifs is 1. The van der Waals surface area contributed by atoms with Crippen molar-refractivity contribution in [3.8, 4) is 11.1 Å². The minimum absolute atomic E-state index is 0.665. The maximum Gasteiger partial charge on any atom is 0.150 e. The lowest BCUT2D eigenvalue weighted by Crippen LogP contribution is -1.88. The first-order valence-corrected chi connectivity index (χ1v) is 6.36. The van der Waals surface area contributed by atoms with E-state index in [0.717, 1.165) is 34.5 Å². The average molecular weight is 260 g/mol. The Morgan fingerprint density at radius 3 is 2.25 bits per heavy atom. The number of hydrogen-bond acceptors (Lipinski definition) is 2. The summed E-state index contributed by atoms with van der Waals surface area (Å²) in [6, 6.07) is 19.0. The first-order valence-electron chi connectivity index (χ1n) is 6.36. The third kappa shape index (κ3) is 2.01. The largest absolute Gasteiger partial charge is 0.298 e. The van der Waals surface area contributed by atoms with Crippen molar-refractivity contribution in [1.82, 2.24) is 0 Å². The fourth-order valence-corrected chi connectivity index (χ4v) is 2.44. The highest BCUT2D eigenvalue weighted by Crippen LogP contribution is 2.27. The van der Waals surface area contributed by atoms with Gasteiger partial charge in [-0.15, -0.1) is 0 Å². The first kappa shape index (κ1) is 12.3. The van der Waals surface area contributed by atoms with Gasteiger partial charge in [-0.3, -0.25) is 9.59 Å². The Kier molecular flexibility index (Phi) is 3.13. The molecule has 0 radical (unpaired) electrons. The van der Waals surface area contributed by atoms with Gasteiger partial charge in [-0.25, -0.2) is 0 Å².